The number of piperazine rings is 1. The zero-order valence-electron chi connectivity index (χ0n) is 10.5. The van der Waals surface area contributed by atoms with Crippen molar-refractivity contribution >= 4 is 0 Å². The van der Waals surface area contributed by atoms with Crippen molar-refractivity contribution < 1.29 is 0 Å². The summed E-state index contributed by atoms with van der Waals surface area (Å²) in [4.78, 5) is 5.11. The maximum atomic E-state index is 2.62. The summed E-state index contributed by atoms with van der Waals surface area (Å²) in [6, 6.07) is 1.43. The molecule has 1 rings (SSSR count). The van der Waals surface area contributed by atoms with Gasteiger partial charge in [-0.15, -0.1) is 0 Å². The standard InChI is InChI=1S/C12H26N2/c1-10(2)6-7-14-8-11(3)13(5)12(4)9-14/h10-12H,6-9H2,1-5H3. The molecule has 0 aromatic rings. The van der Waals surface area contributed by atoms with Crippen LogP contribution in [0.5, 0.6) is 0 Å². The molecule has 0 spiro atoms. The van der Waals surface area contributed by atoms with E-state index in [-0.39, 0.29) is 0 Å². The third kappa shape index (κ3) is 3.25. The van der Waals surface area contributed by atoms with Crippen LogP contribution in [0.3, 0.4) is 0 Å². The van der Waals surface area contributed by atoms with Crippen LogP contribution in [0, 0.1) is 5.92 Å². The molecular formula is C12H26N2. The second-order valence-electron chi connectivity index (χ2n) is 5.31. The highest BCUT2D eigenvalue weighted by atomic mass is 15.3. The number of hydrogen-bond donors (Lipinski definition) is 0. The van der Waals surface area contributed by atoms with E-state index >= 15 is 0 Å². The summed E-state index contributed by atoms with van der Waals surface area (Å²) in [5, 5.41) is 0. The summed E-state index contributed by atoms with van der Waals surface area (Å²) in [6.45, 7) is 13.0. The van der Waals surface area contributed by atoms with Crippen molar-refractivity contribution in [3.05, 3.63) is 0 Å². The number of hydrogen-bond acceptors (Lipinski definition) is 2. The molecule has 2 nitrogen and oxygen atoms in total. The molecule has 0 aliphatic carbocycles. The summed E-state index contributed by atoms with van der Waals surface area (Å²) in [7, 11) is 2.25. The van der Waals surface area contributed by atoms with Gasteiger partial charge in [0.15, 0.2) is 0 Å². The van der Waals surface area contributed by atoms with E-state index < -0.39 is 0 Å². The normalized spacial score (nSPS) is 31.3. The summed E-state index contributed by atoms with van der Waals surface area (Å²) < 4.78 is 0. The zero-order chi connectivity index (χ0) is 10.7. The first-order valence-corrected chi connectivity index (χ1v) is 5.95. The molecule has 1 aliphatic heterocycles. The van der Waals surface area contributed by atoms with Gasteiger partial charge in [-0.1, -0.05) is 13.8 Å². The minimum absolute atomic E-state index is 0.714. The van der Waals surface area contributed by atoms with Crippen LogP contribution in [0.4, 0.5) is 0 Å². The van der Waals surface area contributed by atoms with E-state index in [0.29, 0.717) is 12.1 Å². The lowest BCUT2D eigenvalue weighted by Crippen LogP contribution is -2.55. The lowest BCUT2D eigenvalue weighted by molar-refractivity contribution is 0.0575. The third-order valence-corrected chi connectivity index (χ3v) is 3.46. The Hall–Kier alpha value is -0.0800. The molecule has 0 amide bonds. The summed E-state index contributed by atoms with van der Waals surface area (Å²) in [5.74, 6) is 0.834. The lowest BCUT2D eigenvalue weighted by atomic mass is 10.1. The Labute approximate surface area is 89.3 Å². The van der Waals surface area contributed by atoms with Gasteiger partial charge in [0.25, 0.3) is 0 Å². The highest BCUT2D eigenvalue weighted by Crippen LogP contribution is 2.14. The molecule has 0 aromatic carbocycles. The fraction of sp³-hybridized carbons (Fsp3) is 1.00. The van der Waals surface area contributed by atoms with E-state index in [9.17, 15) is 0 Å². The molecule has 1 saturated heterocycles. The average molecular weight is 198 g/mol. The van der Waals surface area contributed by atoms with E-state index in [0.717, 1.165) is 5.92 Å². The van der Waals surface area contributed by atoms with Crippen molar-refractivity contribution in [3.63, 3.8) is 0 Å². The Bertz CT molecular complexity index is 156. The maximum absolute atomic E-state index is 2.62. The first-order valence-electron chi connectivity index (χ1n) is 5.95. The second kappa shape index (κ2) is 5.13. The molecule has 1 fully saturated rings. The molecule has 2 unspecified atom stereocenters. The Morgan fingerprint density at radius 1 is 1.14 bits per heavy atom. The van der Waals surface area contributed by atoms with Crippen molar-refractivity contribution in [1.29, 1.82) is 0 Å². The van der Waals surface area contributed by atoms with Crippen molar-refractivity contribution in [2.75, 3.05) is 26.7 Å². The van der Waals surface area contributed by atoms with Gasteiger partial charge in [-0.3, -0.25) is 4.90 Å². The van der Waals surface area contributed by atoms with Gasteiger partial charge in [-0.25, -0.2) is 0 Å². The van der Waals surface area contributed by atoms with Gasteiger partial charge in [0, 0.05) is 25.2 Å². The smallest absolute Gasteiger partial charge is 0.0195 e. The van der Waals surface area contributed by atoms with E-state index in [1.807, 2.05) is 0 Å². The molecule has 0 radical (unpaired) electrons. The topological polar surface area (TPSA) is 6.48 Å². The Morgan fingerprint density at radius 2 is 1.64 bits per heavy atom. The van der Waals surface area contributed by atoms with E-state index in [1.54, 1.807) is 0 Å². The molecule has 0 N–H and O–H groups in total. The second-order valence-corrected chi connectivity index (χ2v) is 5.31. The van der Waals surface area contributed by atoms with Gasteiger partial charge < -0.3 is 4.90 Å². The summed E-state index contributed by atoms with van der Waals surface area (Å²) >= 11 is 0. The van der Waals surface area contributed by atoms with Gasteiger partial charge >= 0.3 is 0 Å². The van der Waals surface area contributed by atoms with Crippen LogP contribution in [-0.4, -0.2) is 48.6 Å². The van der Waals surface area contributed by atoms with Crippen LogP contribution in [-0.2, 0) is 0 Å². The molecule has 0 saturated carbocycles. The van der Waals surface area contributed by atoms with Gasteiger partial charge in [-0.2, -0.15) is 0 Å². The number of rotatable bonds is 3. The van der Waals surface area contributed by atoms with Crippen molar-refractivity contribution in [2.24, 2.45) is 5.92 Å². The molecule has 14 heavy (non-hydrogen) atoms. The van der Waals surface area contributed by atoms with E-state index in [4.69, 9.17) is 0 Å². The van der Waals surface area contributed by atoms with Gasteiger partial charge in [-0.05, 0) is 39.8 Å². The largest absolute Gasteiger partial charge is 0.300 e. The predicted molar refractivity (Wildman–Crippen MR) is 62.6 cm³/mol. The van der Waals surface area contributed by atoms with Gasteiger partial charge in [0.2, 0.25) is 0 Å². The van der Waals surface area contributed by atoms with Gasteiger partial charge in [0.05, 0.1) is 0 Å². The maximum Gasteiger partial charge on any atom is 0.0195 e. The highest BCUT2D eigenvalue weighted by Gasteiger charge is 2.25. The average Bonchev–Trinajstić information content (AvgIpc) is 2.10. The molecule has 0 aromatic heterocycles. The fourth-order valence-electron chi connectivity index (χ4n) is 2.14. The van der Waals surface area contributed by atoms with Crippen LogP contribution < -0.4 is 0 Å². The zero-order valence-corrected chi connectivity index (χ0v) is 10.5. The van der Waals surface area contributed by atoms with Crippen LogP contribution in [0.2, 0.25) is 0 Å². The number of likely N-dealkylation sites (N-methyl/N-ethyl adjacent to an activating group) is 1. The summed E-state index contributed by atoms with van der Waals surface area (Å²) in [5.41, 5.74) is 0. The molecule has 84 valence electrons. The molecule has 1 heterocycles. The van der Waals surface area contributed by atoms with E-state index in [2.05, 4.69) is 44.5 Å². The summed E-state index contributed by atoms with van der Waals surface area (Å²) in [6.07, 6.45) is 1.34. The van der Waals surface area contributed by atoms with Crippen molar-refractivity contribution in [3.8, 4) is 0 Å². The predicted octanol–water partition coefficient (Wildman–Crippen LogP) is 2.06. The quantitative estimate of drug-likeness (QED) is 0.685. The third-order valence-electron chi connectivity index (χ3n) is 3.46. The first kappa shape index (κ1) is 12.0. The molecule has 2 heteroatoms. The monoisotopic (exact) mass is 198 g/mol. The fourth-order valence-corrected chi connectivity index (χ4v) is 2.14. The Kier molecular flexibility index (Phi) is 4.39. The molecule has 2 atom stereocenters. The van der Waals surface area contributed by atoms with Crippen LogP contribution in [0.15, 0.2) is 0 Å². The van der Waals surface area contributed by atoms with E-state index in [1.165, 1.54) is 26.1 Å². The van der Waals surface area contributed by atoms with Crippen LogP contribution in [0.1, 0.15) is 34.1 Å². The highest BCUT2D eigenvalue weighted by molar-refractivity contribution is 4.82. The van der Waals surface area contributed by atoms with Crippen LogP contribution in [0.25, 0.3) is 0 Å². The molecular weight excluding hydrogens is 172 g/mol. The van der Waals surface area contributed by atoms with Crippen molar-refractivity contribution in [1.82, 2.24) is 9.80 Å². The van der Waals surface area contributed by atoms with Crippen LogP contribution >= 0.6 is 0 Å². The van der Waals surface area contributed by atoms with Gasteiger partial charge in [0.1, 0.15) is 0 Å². The SMILES string of the molecule is CC(C)CCN1CC(C)N(C)C(C)C1. The number of nitrogens with zero attached hydrogens (tertiary/aromatic N) is 2. The Balaban J connectivity index is 2.34. The molecule has 1 aliphatic rings. The lowest BCUT2D eigenvalue weighted by Gasteiger charge is -2.42. The molecule has 0 bridgehead atoms. The first-order chi connectivity index (χ1) is 6.50. The Morgan fingerprint density at radius 3 is 2.07 bits per heavy atom. The minimum atomic E-state index is 0.714. The van der Waals surface area contributed by atoms with Crippen molar-refractivity contribution in [2.45, 2.75) is 46.2 Å². The minimum Gasteiger partial charge on any atom is -0.300 e.